The molecular weight excluding hydrogens is 266 g/mol. The minimum absolute atomic E-state index is 0.273. The topological polar surface area (TPSA) is 12.0 Å². The van der Waals surface area contributed by atoms with Gasteiger partial charge in [0.2, 0.25) is 0 Å². The van der Waals surface area contributed by atoms with Crippen LogP contribution >= 0.6 is 0 Å². The molecule has 1 heterocycles. The van der Waals surface area contributed by atoms with Crippen molar-refractivity contribution >= 4 is 5.57 Å². The zero-order chi connectivity index (χ0) is 15.4. The van der Waals surface area contributed by atoms with Crippen molar-refractivity contribution in [1.82, 2.24) is 5.32 Å². The summed E-state index contributed by atoms with van der Waals surface area (Å²) >= 11 is 0. The third-order valence-electron chi connectivity index (χ3n) is 4.23. The lowest BCUT2D eigenvalue weighted by Gasteiger charge is -2.25. The van der Waals surface area contributed by atoms with Gasteiger partial charge in [-0.2, -0.15) is 0 Å². The van der Waals surface area contributed by atoms with Crippen LogP contribution in [-0.2, 0) is 6.42 Å². The van der Waals surface area contributed by atoms with Gasteiger partial charge in [0.1, 0.15) is 0 Å². The van der Waals surface area contributed by atoms with Gasteiger partial charge in [-0.25, -0.2) is 0 Å². The van der Waals surface area contributed by atoms with Crippen molar-refractivity contribution < 1.29 is 0 Å². The van der Waals surface area contributed by atoms with Gasteiger partial charge in [-0.1, -0.05) is 80.1 Å². The molecule has 0 radical (unpaired) electrons. The van der Waals surface area contributed by atoms with Crippen LogP contribution in [0.15, 0.2) is 72.4 Å². The van der Waals surface area contributed by atoms with Crippen LogP contribution in [0.5, 0.6) is 0 Å². The van der Waals surface area contributed by atoms with E-state index in [0.29, 0.717) is 0 Å². The number of dihydropyridines is 1. The molecule has 0 aromatic heterocycles. The zero-order valence-corrected chi connectivity index (χ0v) is 13.3. The number of rotatable bonds is 4. The summed E-state index contributed by atoms with van der Waals surface area (Å²) in [6.07, 6.45) is 6.85. The summed E-state index contributed by atoms with van der Waals surface area (Å²) in [5.41, 5.74) is 6.63. The maximum Gasteiger partial charge on any atom is 0.0701 e. The van der Waals surface area contributed by atoms with Gasteiger partial charge in [0.05, 0.1) is 6.04 Å². The van der Waals surface area contributed by atoms with Crippen LogP contribution < -0.4 is 5.32 Å². The second-order valence-corrected chi connectivity index (χ2v) is 5.83. The van der Waals surface area contributed by atoms with Gasteiger partial charge >= 0.3 is 0 Å². The molecule has 0 saturated heterocycles. The fourth-order valence-corrected chi connectivity index (χ4v) is 3.12. The second kappa shape index (κ2) is 6.65. The van der Waals surface area contributed by atoms with Gasteiger partial charge in [0, 0.05) is 11.3 Å². The van der Waals surface area contributed by atoms with E-state index in [2.05, 4.69) is 85.9 Å². The summed E-state index contributed by atoms with van der Waals surface area (Å²) in [6.45, 7) is 4.40. The molecule has 0 aliphatic carbocycles. The predicted octanol–water partition coefficient (Wildman–Crippen LogP) is 5.27. The molecule has 0 amide bonds. The number of hydrogen-bond donors (Lipinski definition) is 1. The molecule has 1 atom stereocenters. The standard InChI is InChI=1S/C21H23N/c1-3-9-17-12-7-8-13-20(17)21-15-14-19(16(2)22-21)18-10-5-4-6-11-18/h4-8,10-15,21-22H,3,9H2,1-2H3. The average Bonchev–Trinajstić information content (AvgIpc) is 2.56. The van der Waals surface area contributed by atoms with E-state index in [0.717, 1.165) is 6.42 Å². The molecule has 1 unspecified atom stereocenters. The number of allylic oxidation sites excluding steroid dienone is 3. The SMILES string of the molecule is CCCc1ccccc1C1C=CC(c2ccccc2)=C(C)N1. The van der Waals surface area contributed by atoms with Crippen LogP contribution in [0.4, 0.5) is 0 Å². The number of hydrogen-bond acceptors (Lipinski definition) is 1. The van der Waals surface area contributed by atoms with Gasteiger partial charge in [-0.3, -0.25) is 0 Å². The molecular formula is C21H23N. The Bertz CT molecular complexity index is 695. The summed E-state index contributed by atoms with van der Waals surface area (Å²) in [5.74, 6) is 0. The lowest BCUT2D eigenvalue weighted by atomic mass is 9.92. The van der Waals surface area contributed by atoms with Crippen LogP contribution in [0, 0.1) is 0 Å². The predicted molar refractivity (Wildman–Crippen MR) is 94.5 cm³/mol. The molecule has 0 spiro atoms. The molecule has 1 aliphatic heterocycles. The van der Waals surface area contributed by atoms with Crippen LogP contribution in [0.3, 0.4) is 0 Å². The fourth-order valence-electron chi connectivity index (χ4n) is 3.12. The fraction of sp³-hybridized carbons (Fsp3) is 0.238. The molecule has 3 rings (SSSR count). The molecule has 0 fully saturated rings. The van der Waals surface area contributed by atoms with Gasteiger partial charge in [-0.05, 0) is 30.0 Å². The van der Waals surface area contributed by atoms with E-state index in [-0.39, 0.29) is 6.04 Å². The molecule has 0 saturated carbocycles. The van der Waals surface area contributed by atoms with E-state index >= 15 is 0 Å². The van der Waals surface area contributed by atoms with Gasteiger partial charge in [0.25, 0.3) is 0 Å². The Hall–Kier alpha value is -2.28. The second-order valence-electron chi connectivity index (χ2n) is 5.83. The zero-order valence-electron chi connectivity index (χ0n) is 13.3. The van der Waals surface area contributed by atoms with E-state index in [4.69, 9.17) is 0 Å². The molecule has 1 nitrogen and oxygen atoms in total. The Labute approximate surface area is 133 Å². The third-order valence-corrected chi connectivity index (χ3v) is 4.23. The quantitative estimate of drug-likeness (QED) is 0.808. The maximum absolute atomic E-state index is 3.67. The van der Waals surface area contributed by atoms with E-state index in [1.54, 1.807) is 0 Å². The average molecular weight is 289 g/mol. The lowest BCUT2D eigenvalue weighted by Crippen LogP contribution is -2.22. The molecule has 2 aromatic rings. The molecule has 112 valence electrons. The van der Waals surface area contributed by atoms with E-state index < -0.39 is 0 Å². The van der Waals surface area contributed by atoms with Crippen LogP contribution in [0.2, 0.25) is 0 Å². The van der Waals surface area contributed by atoms with Crippen molar-refractivity contribution in [3.05, 3.63) is 89.1 Å². The number of benzene rings is 2. The molecule has 0 bridgehead atoms. The highest BCUT2D eigenvalue weighted by Gasteiger charge is 2.17. The van der Waals surface area contributed by atoms with Gasteiger partial charge < -0.3 is 5.32 Å². The monoisotopic (exact) mass is 289 g/mol. The number of aryl methyl sites for hydroxylation is 1. The summed E-state index contributed by atoms with van der Waals surface area (Å²) in [5, 5.41) is 3.67. The largest absolute Gasteiger partial charge is 0.378 e. The normalized spacial score (nSPS) is 17.5. The van der Waals surface area contributed by atoms with E-state index in [1.807, 2.05) is 0 Å². The van der Waals surface area contributed by atoms with Crippen molar-refractivity contribution in [2.45, 2.75) is 32.7 Å². The van der Waals surface area contributed by atoms with E-state index in [9.17, 15) is 0 Å². The summed E-state index contributed by atoms with van der Waals surface area (Å²) in [4.78, 5) is 0. The highest BCUT2D eigenvalue weighted by atomic mass is 14.9. The van der Waals surface area contributed by atoms with Crippen LogP contribution in [-0.4, -0.2) is 0 Å². The molecule has 22 heavy (non-hydrogen) atoms. The minimum atomic E-state index is 0.273. The van der Waals surface area contributed by atoms with Crippen molar-refractivity contribution in [2.24, 2.45) is 0 Å². The Kier molecular flexibility index (Phi) is 4.43. The Morgan fingerprint density at radius 2 is 1.68 bits per heavy atom. The van der Waals surface area contributed by atoms with Crippen molar-refractivity contribution in [3.8, 4) is 0 Å². The van der Waals surface area contributed by atoms with Gasteiger partial charge in [-0.15, -0.1) is 0 Å². The van der Waals surface area contributed by atoms with Crippen molar-refractivity contribution in [3.63, 3.8) is 0 Å². The molecule has 1 N–H and O–H groups in total. The molecule has 2 aromatic carbocycles. The Balaban J connectivity index is 1.88. The Morgan fingerprint density at radius 3 is 2.41 bits per heavy atom. The first kappa shape index (κ1) is 14.6. The Morgan fingerprint density at radius 1 is 0.955 bits per heavy atom. The van der Waals surface area contributed by atoms with Crippen LogP contribution in [0.25, 0.3) is 5.57 Å². The first-order valence-electron chi connectivity index (χ1n) is 8.08. The molecule has 1 aliphatic rings. The first-order valence-corrected chi connectivity index (χ1v) is 8.08. The van der Waals surface area contributed by atoms with Crippen LogP contribution in [0.1, 0.15) is 43.0 Å². The summed E-state index contributed by atoms with van der Waals surface area (Å²) in [7, 11) is 0. The maximum atomic E-state index is 3.67. The van der Waals surface area contributed by atoms with Gasteiger partial charge in [0.15, 0.2) is 0 Å². The lowest BCUT2D eigenvalue weighted by molar-refractivity contribution is 0.696. The van der Waals surface area contributed by atoms with E-state index in [1.165, 1.54) is 34.4 Å². The summed E-state index contributed by atoms with van der Waals surface area (Å²) in [6, 6.07) is 19.6. The van der Waals surface area contributed by atoms with Crippen molar-refractivity contribution in [2.75, 3.05) is 0 Å². The van der Waals surface area contributed by atoms with Crippen molar-refractivity contribution in [1.29, 1.82) is 0 Å². The minimum Gasteiger partial charge on any atom is -0.378 e. The number of nitrogens with one attached hydrogen (secondary N) is 1. The summed E-state index contributed by atoms with van der Waals surface area (Å²) < 4.78 is 0. The molecule has 1 heteroatoms. The highest BCUT2D eigenvalue weighted by Crippen LogP contribution is 2.29. The third kappa shape index (κ3) is 2.99. The smallest absolute Gasteiger partial charge is 0.0701 e. The first-order chi connectivity index (χ1) is 10.8. The highest BCUT2D eigenvalue weighted by molar-refractivity contribution is 5.77.